The third-order valence-corrected chi connectivity index (χ3v) is 3.46. The molecule has 19 heavy (non-hydrogen) atoms. The Labute approximate surface area is 116 Å². The molecule has 1 fully saturated rings. The molecule has 1 unspecified atom stereocenters. The van der Waals surface area contributed by atoms with Crippen molar-refractivity contribution in [2.45, 2.75) is 19.4 Å². The van der Waals surface area contributed by atoms with Crippen molar-refractivity contribution in [1.82, 2.24) is 5.32 Å². The summed E-state index contributed by atoms with van der Waals surface area (Å²) in [6.07, 6.45) is 0.873. The summed E-state index contributed by atoms with van der Waals surface area (Å²) < 4.78 is 0. The van der Waals surface area contributed by atoms with Crippen LogP contribution < -0.4 is 10.2 Å². The van der Waals surface area contributed by atoms with Gasteiger partial charge in [0.15, 0.2) is 0 Å². The number of hydrogen-bond acceptors (Lipinski definition) is 3. The Hall–Kier alpha value is -1.75. The average Bonchev–Trinajstić information content (AvgIpc) is 2.75. The van der Waals surface area contributed by atoms with Crippen LogP contribution in [0, 0.1) is 0 Å². The number of nitrogens with zero attached hydrogens (tertiary/aromatic N) is 1. The van der Waals surface area contributed by atoms with Gasteiger partial charge in [0.2, 0.25) is 5.91 Å². The lowest BCUT2D eigenvalue weighted by molar-refractivity contribution is -0.119. The Bertz CT molecular complexity index is 519. The molecular weight excluding hydrogens is 268 g/mol. The van der Waals surface area contributed by atoms with Gasteiger partial charge >= 0.3 is 5.97 Å². The molecule has 0 spiro atoms. The van der Waals surface area contributed by atoms with Crippen LogP contribution in [0.3, 0.4) is 0 Å². The second-order valence-corrected chi connectivity index (χ2v) is 5.01. The van der Waals surface area contributed by atoms with E-state index in [1.807, 2.05) is 0 Å². The molecule has 0 aliphatic carbocycles. The SMILES string of the molecule is CC(=O)NC1CCN(c2ccc(C(=O)O)c(Cl)c2)C1. The van der Waals surface area contributed by atoms with Crippen LogP contribution in [0.15, 0.2) is 18.2 Å². The maximum absolute atomic E-state index is 11.0. The van der Waals surface area contributed by atoms with Crippen molar-refractivity contribution in [3.63, 3.8) is 0 Å². The van der Waals surface area contributed by atoms with E-state index in [1.54, 1.807) is 12.1 Å². The number of aromatic carboxylic acids is 1. The molecule has 0 radical (unpaired) electrons. The molecule has 6 heteroatoms. The zero-order valence-corrected chi connectivity index (χ0v) is 11.3. The topological polar surface area (TPSA) is 69.6 Å². The van der Waals surface area contributed by atoms with Crippen LogP contribution in [0.5, 0.6) is 0 Å². The number of carbonyl (C=O) groups excluding carboxylic acids is 1. The minimum Gasteiger partial charge on any atom is -0.478 e. The number of carbonyl (C=O) groups is 2. The Kier molecular flexibility index (Phi) is 3.95. The normalized spacial score (nSPS) is 18.4. The van der Waals surface area contributed by atoms with Gasteiger partial charge in [0.05, 0.1) is 10.6 Å². The van der Waals surface area contributed by atoms with E-state index in [1.165, 1.54) is 13.0 Å². The van der Waals surface area contributed by atoms with E-state index in [0.29, 0.717) is 6.54 Å². The first-order valence-corrected chi connectivity index (χ1v) is 6.40. The molecule has 1 aromatic carbocycles. The lowest BCUT2D eigenvalue weighted by atomic mass is 10.2. The number of anilines is 1. The molecule has 2 rings (SSSR count). The van der Waals surface area contributed by atoms with Crippen LogP contribution in [0.25, 0.3) is 0 Å². The standard InChI is InChI=1S/C13H15ClN2O3/c1-8(17)15-9-4-5-16(7-9)10-2-3-11(13(18)19)12(14)6-10/h2-3,6,9H,4-5,7H2,1H3,(H,15,17)(H,18,19). The van der Waals surface area contributed by atoms with Gasteiger partial charge in [-0.05, 0) is 24.6 Å². The van der Waals surface area contributed by atoms with Crippen molar-refractivity contribution in [2.24, 2.45) is 0 Å². The van der Waals surface area contributed by atoms with Gasteiger partial charge in [0.1, 0.15) is 0 Å². The van der Waals surface area contributed by atoms with Crippen LogP contribution in [0.1, 0.15) is 23.7 Å². The van der Waals surface area contributed by atoms with E-state index in [2.05, 4.69) is 10.2 Å². The highest BCUT2D eigenvalue weighted by atomic mass is 35.5. The number of benzene rings is 1. The number of nitrogens with one attached hydrogen (secondary N) is 1. The molecular formula is C13H15ClN2O3. The van der Waals surface area contributed by atoms with Crippen LogP contribution in [0.4, 0.5) is 5.69 Å². The predicted octanol–water partition coefficient (Wildman–Crippen LogP) is 1.75. The van der Waals surface area contributed by atoms with Gasteiger partial charge in [0, 0.05) is 31.7 Å². The zero-order valence-electron chi connectivity index (χ0n) is 10.5. The summed E-state index contributed by atoms with van der Waals surface area (Å²) in [5.74, 6) is -1.07. The quantitative estimate of drug-likeness (QED) is 0.886. The van der Waals surface area contributed by atoms with Crippen LogP contribution in [0.2, 0.25) is 5.02 Å². The fourth-order valence-electron chi connectivity index (χ4n) is 2.27. The first-order chi connectivity index (χ1) is 8.97. The fourth-order valence-corrected chi connectivity index (χ4v) is 2.53. The second-order valence-electron chi connectivity index (χ2n) is 4.60. The zero-order chi connectivity index (χ0) is 14.0. The third kappa shape index (κ3) is 3.17. The monoisotopic (exact) mass is 282 g/mol. The molecule has 102 valence electrons. The van der Waals surface area contributed by atoms with E-state index in [-0.39, 0.29) is 22.5 Å². The summed E-state index contributed by atoms with van der Waals surface area (Å²) in [5, 5.41) is 12.0. The highest BCUT2D eigenvalue weighted by molar-refractivity contribution is 6.33. The number of amides is 1. The van der Waals surface area contributed by atoms with Crippen molar-refractivity contribution in [3.05, 3.63) is 28.8 Å². The molecule has 1 aromatic rings. The molecule has 0 aromatic heterocycles. The summed E-state index contributed by atoms with van der Waals surface area (Å²) in [7, 11) is 0. The molecule has 1 aliphatic heterocycles. The van der Waals surface area contributed by atoms with Gasteiger partial charge in [-0.3, -0.25) is 4.79 Å². The molecule has 5 nitrogen and oxygen atoms in total. The maximum atomic E-state index is 11.0. The van der Waals surface area contributed by atoms with Gasteiger partial charge in [-0.1, -0.05) is 11.6 Å². The van der Waals surface area contributed by atoms with Gasteiger partial charge < -0.3 is 15.3 Å². The van der Waals surface area contributed by atoms with Crippen molar-refractivity contribution >= 4 is 29.2 Å². The summed E-state index contributed by atoms with van der Waals surface area (Å²) in [5.41, 5.74) is 0.978. The second kappa shape index (κ2) is 5.48. The number of hydrogen-bond donors (Lipinski definition) is 2. The highest BCUT2D eigenvalue weighted by Crippen LogP contribution is 2.26. The third-order valence-electron chi connectivity index (χ3n) is 3.14. The Morgan fingerprint density at radius 1 is 1.47 bits per heavy atom. The number of carboxylic acid groups (broad SMARTS) is 1. The summed E-state index contributed by atoms with van der Waals surface area (Å²) in [4.78, 5) is 24.0. The Morgan fingerprint density at radius 2 is 2.21 bits per heavy atom. The van der Waals surface area contributed by atoms with Crippen molar-refractivity contribution in [1.29, 1.82) is 0 Å². The average molecular weight is 283 g/mol. The number of halogens is 1. The maximum Gasteiger partial charge on any atom is 0.337 e. The van der Waals surface area contributed by atoms with Crippen LogP contribution >= 0.6 is 11.6 Å². The first kappa shape index (κ1) is 13.7. The fraction of sp³-hybridized carbons (Fsp3) is 0.385. The first-order valence-electron chi connectivity index (χ1n) is 6.02. The smallest absolute Gasteiger partial charge is 0.337 e. The molecule has 1 saturated heterocycles. The number of carboxylic acids is 1. The minimum absolute atomic E-state index is 0.0360. The molecule has 2 N–H and O–H groups in total. The van der Waals surface area contributed by atoms with Gasteiger partial charge in [-0.2, -0.15) is 0 Å². The lowest BCUT2D eigenvalue weighted by Gasteiger charge is -2.19. The summed E-state index contributed by atoms with van der Waals surface area (Å²) in [6.45, 7) is 3.03. The van der Waals surface area contributed by atoms with E-state index in [9.17, 15) is 9.59 Å². The largest absolute Gasteiger partial charge is 0.478 e. The molecule has 1 atom stereocenters. The van der Waals surface area contributed by atoms with Gasteiger partial charge in [-0.25, -0.2) is 4.79 Å². The van der Waals surface area contributed by atoms with Crippen LogP contribution in [-0.2, 0) is 4.79 Å². The predicted molar refractivity (Wildman–Crippen MR) is 72.8 cm³/mol. The van der Waals surface area contributed by atoms with Gasteiger partial charge in [-0.15, -0.1) is 0 Å². The molecule has 0 bridgehead atoms. The van der Waals surface area contributed by atoms with Crippen molar-refractivity contribution in [2.75, 3.05) is 18.0 Å². The van der Waals surface area contributed by atoms with Crippen molar-refractivity contribution in [3.8, 4) is 0 Å². The van der Waals surface area contributed by atoms with E-state index in [4.69, 9.17) is 16.7 Å². The van der Waals surface area contributed by atoms with E-state index >= 15 is 0 Å². The Balaban J connectivity index is 2.09. The molecule has 0 saturated carbocycles. The Morgan fingerprint density at radius 3 is 2.79 bits per heavy atom. The number of rotatable bonds is 3. The molecule has 1 aliphatic rings. The highest BCUT2D eigenvalue weighted by Gasteiger charge is 2.23. The summed E-state index contributed by atoms with van der Waals surface area (Å²) >= 11 is 5.95. The van der Waals surface area contributed by atoms with Crippen molar-refractivity contribution < 1.29 is 14.7 Å². The molecule has 1 heterocycles. The van der Waals surface area contributed by atoms with E-state index in [0.717, 1.165) is 18.7 Å². The van der Waals surface area contributed by atoms with E-state index < -0.39 is 5.97 Å². The van der Waals surface area contributed by atoms with Gasteiger partial charge in [0.25, 0.3) is 0 Å². The molecule has 1 amide bonds. The minimum atomic E-state index is -1.03. The summed E-state index contributed by atoms with van der Waals surface area (Å²) in [6, 6.07) is 5.04. The van der Waals surface area contributed by atoms with Crippen LogP contribution in [-0.4, -0.2) is 36.1 Å². The lowest BCUT2D eigenvalue weighted by Crippen LogP contribution is -2.35.